The minimum absolute atomic E-state index is 0.320. The zero-order valence-electron chi connectivity index (χ0n) is 15.1. The molecule has 1 amide bonds. The zero-order chi connectivity index (χ0) is 19.5. The van der Waals surface area contributed by atoms with Gasteiger partial charge in [-0.25, -0.2) is 0 Å². The number of amides is 1. The number of halogens is 1. The molecule has 1 heterocycles. The van der Waals surface area contributed by atoms with E-state index in [4.69, 9.17) is 4.74 Å². The lowest BCUT2D eigenvalue weighted by Gasteiger charge is -2.08. The van der Waals surface area contributed by atoms with Gasteiger partial charge in [0.1, 0.15) is 11.5 Å². The molecule has 0 saturated heterocycles. The van der Waals surface area contributed by atoms with Gasteiger partial charge >= 0.3 is 0 Å². The maximum Gasteiger partial charge on any atom is 0.283 e. The second-order valence-electron chi connectivity index (χ2n) is 6.07. The molecule has 0 saturated carbocycles. The Labute approximate surface area is 174 Å². The Hall–Kier alpha value is -2.70. The van der Waals surface area contributed by atoms with E-state index in [1.165, 1.54) is 11.3 Å². The summed E-state index contributed by atoms with van der Waals surface area (Å²) < 4.78 is 10.0. The Morgan fingerprint density at radius 1 is 1.07 bits per heavy atom. The van der Waals surface area contributed by atoms with Gasteiger partial charge in [0.25, 0.3) is 5.91 Å². The van der Waals surface area contributed by atoms with Crippen molar-refractivity contribution in [2.75, 3.05) is 0 Å². The number of carbonyl (C=O) groups excluding carboxylic acids is 1. The quantitative estimate of drug-likeness (QED) is 0.379. The number of nitrogens with zero attached hydrogens (tertiary/aromatic N) is 2. The molecule has 4 nitrogen and oxygen atoms in total. The molecule has 6 heteroatoms. The molecule has 0 fully saturated rings. The Morgan fingerprint density at radius 3 is 2.61 bits per heavy atom. The first-order valence-electron chi connectivity index (χ1n) is 8.85. The number of aromatic nitrogens is 1. The summed E-state index contributed by atoms with van der Waals surface area (Å²) in [6.45, 7) is 2.78. The van der Waals surface area contributed by atoms with E-state index >= 15 is 0 Å². The number of thiazole rings is 1. The van der Waals surface area contributed by atoms with E-state index in [-0.39, 0.29) is 5.91 Å². The Balaban J connectivity index is 1.76. The van der Waals surface area contributed by atoms with Crippen LogP contribution < -0.4 is 9.54 Å². The van der Waals surface area contributed by atoms with Crippen LogP contribution in [0.25, 0.3) is 10.2 Å². The fraction of sp³-hybridized carbons (Fsp3) is 0.0909. The topological polar surface area (TPSA) is 43.6 Å². The number of hydrogen-bond acceptors (Lipinski definition) is 3. The summed E-state index contributed by atoms with van der Waals surface area (Å²) in [6.07, 6.45) is 0. The highest BCUT2D eigenvalue weighted by Gasteiger charge is 2.14. The van der Waals surface area contributed by atoms with Gasteiger partial charge in [-0.05, 0) is 49.4 Å². The van der Waals surface area contributed by atoms with Gasteiger partial charge in [-0.3, -0.25) is 4.79 Å². The van der Waals surface area contributed by atoms with Crippen LogP contribution in [-0.4, -0.2) is 10.5 Å². The van der Waals surface area contributed by atoms with Gasteiger partial charge in [-0.1, -0.05) is 57.6 Å². The average Bonchev–Trinajstić information content (AvgIpc) is 3.05. The predicted octanol–water partition coefficient (Wildman–Crippen LogP) is 6.02. The highest BCUT2D eigenvalue weighted by atomic mass is 79.9. The molecular weight excluding hydrogens is 436 g/mol. The minimum Gasteiger partial charge on any atom is -0.457 e. The van der Waals surface area contributed by atoms with Crippen molar-refractivity contribution in [1.29, 1.82) is 0 Å². The first kappa shape index (κ1) is 18.7. The smallest absolute Gasteiger partial charge is 0.283 e. The van der Waals surface area contributed by atoms with Crippen molar-refractivity contribution in [2.45, 2.75) is 13.5 Å². The molecule has 3 aromatic carbocycles. The SMILES string of the molecule is CCn1c(=NC(=O)c2ccccc2Oc2ccccc2)sc2cc(Br)ccc21. The molecular formula is C22H17BrN2O2S. The number of fused-ring (bicyclic) bond motifs is 1. The van der Waals surface area contributed by atoms with Gasteiger partial charge in [0.2, 0.25) is 0 Å². The van der Waals surface area contributed by atoms with Gasteiger partial charge < -0.3 is 9.30 Å². The van der Waals surface area contributed by atoms with Crippen molar-refractivity contribution >= 4 is 43.4 Å². The van der Waals surface area contributed by atoms with Crippen LogP contribution in [0.2, 0.25) is 0 Å². The molecule has 140 valence electrons. The first-order chi connectivity index (χ1) is 13.7. The standard InChI is InChI=1S/C22H17BrN2O2S/c1-2-25-18-13-12-15(23)14-20(18)28-22(25)24-21(26)17-10-6-7-11-19(17)27-16-8-4-3-5-9-16/h3-14H,2H2,1H3. The summed E-state index contributed by atoms with van der Waals surface area (Å²) in [5, 5.41) is 0. The number of aryl methyl sites for hydroxylation is 1. The monoisotopic (exact) mass is 452 g/mol. The lowest BCUT2D eigenvalue weighted by Crippen LogP contribution is -2.16. The average molecular weight is 453 g/mol. The predicted molar refractivity (Wildman–Crippen MR) is 116 cm³/mol. The summed E-state index contributed by atoms with van der Waals surface area (Å²) in [4.78, 5) is 18.1. The lowest BCUT2D eigenvalue weighted by molar-refractivity contribution is 0.0995. The number of carbonyl (C=O) groups is 1. The number of ether oxygens (including phenoxy) is 1. The molecule has 0 bridgehead atoms. The highest BCUT2D eigenvalue weighted by molar-refractivity contribution is 9.10. The van der Waals surface area contributed by atoms with Gasteiger partial charge in [0.15, 0.2) is 4.80 Å². The zero-order valence-corrected chi connectivity index (χ0v) is 17.5. The molecule has 28 heavy (non-hydrogen) atoms. The molecule has 0 radical (unpaired) electrons. The van der Waals surface area contributed by atoms with Crippen molar-refractivity contribution in [3.63, 3.8) is 0 Å². The maximum atomic E-state index is 13.0. The van der Waals surface area contributed by atoms with Crippen LogP contribution in [0.4, 0.5) is 0 Å². The van der Waals surface area contributed by atoms with Crippen LogP contribution in [0.15, 0.2) is 82.3 Å². The van der Waals surface area contributed by atoms with E-state index in [0.29, 0.717) is 21.9 Å². The van der Waals surface area contributed by atoms with E-state index in [9.17, 15) is 4.79 Å². The maximum absolute atomic E-state index is 13.0. The van der Waals surface area contributed by atoms with Crippen molar-refractivity contribution in [3.05, 3.63) is 87.6 Å². The third-order valence-corrected chi connectivity index (χ3v) is 5.78. The molecule has 1 aromatic heterocycles. The number of benzene rings is 3. The third-order valence-electron chi connectivity index (χ3n) is 4.25. The van der Waals surface area contributed by atoms with E-state index in [0.717, 1.165) is 21.2 Å². The van der Waals surface area contributed by atoms with Gasteiger partial charge in [-0.2, -0.15) is 4.99 Å². The molecule has 0 spiro atoms. The van der Waals surface area contributed by atoms with Crippen molar-refractivity contribution in [1.82, 2.24) is 4.57 Å². The van der Waals surface area contributed by atoms with Gasteiger partial charge in [0, 0.05) is 11.0 Å². The van der Waals surface area contributed by atoms with Crippen LogP contribution >= 0.6 is 27.3 Å². The minimum atomic E-state index is -0.320. The summed E-state index contributed by atoms with van der Waals surface area (Å²) in [5.41, 5.74) is 1.50. The third kappa shape index (κ3) is 3.79. The Kier molecular flexibility index (Phi) is 5.41. The van der Waals surface area contributed by atoms with Crippen LogP contribution in [0.5, 0.6) is 11.5 Å². The van der Waals surface area contributed by atoms with E-state index < -0.39 is 0 Å². The van der Waals surface area contributed by atoms with Crippen LogP contribution in [0.3, 0.4) is 0 Å². The second kappa shape index (κ2) is 8.12. The number of para-hydroxylation sites is 2. The molecule has 0 aliphatic heterocycles. The fourth-order valence-electron chi connectivity index (χ4n) is 2.93. The molecule has 0 aliphatic carbocycles. The molecule has 0 atom stereocenters. The van der Waals surface area contributed by atoms with Crippen molar-refractivity contribution in [2.24, 2.45) is 4.99 Å². The van der Waals surface area contributed by atoms with E-state index in [1.54, 1.807) is 12.1 Å². The van der Waals surface area contributed by atoms with Crippen LogP contribution in [0.1, 0.15) is 17.3 Å². The van der Waals surface area contributed by atoms with Crippen molar-refractivity contribution < 1.29 is 9.53 Å². The molecule has 0 N–H and O–H groups in total. The summed E-state index contributed by atoms with van der Waals surface area (Å²) in [6, 6.07) is 22.7. The molecule has 0 aliphatic rings. The highest BCUT2D eigenvalue weighted by Crippen LogP contribution is 2.26. The molecule has 4 rings (SSSR count). The summed E-state index contributed by atoms with van der Waals surface area (Å²) in [5.74, 6) is 0.854. The Bertz CT molecular complexity index is 1210. The van der Waals surface area contributed by atoms with Gasteiger partial charge in [-0.15, -0.1) is 0 Å². The van der Waals surface area contributed by atoms with Crippen LogP contribution in [0, 0.1) is 0 Å². The van der Waals surface area contributed by atoms with Crippen molar-refractivity contribution in [3.8, 4) is 11.5 Å². The summed E-state index contributed by atoms with van der Waals surface area (Å²) in [7, 11) is 0. The fourth-order valence-corrected chi connectivity index (χ4v) is 4.58. The first-order valence-corrected chi connectivity index (χ1v) is 10.5. The van der Waals surface area contributed by atoms with Crippen LogP contribution in [-0.2, 0) is 6.54 Å². The lowest BCUT2D eigenvalue weighted by atomic mass is 10.2. The van der Waals surface area contributed by atoms with E-state index in [1.807, 2.05) is 72.2 Å². The van der Waals surface area contributed by atoms with E-state index in [2.05, 4.69) is 20.9 Å². The number of rotatable bonds is 4. The van der Waals surface area contributed by atoms with Gasteiger partial charge in [0.05, 0.1) is 15.8 Å². The number of hydrogen-bond donors (Lipinski definition) is 0. The Morgan fingerprint density at radius 2 is 1.82 bits per heavy atom. The normalized spacial score (nSPS) is 11.7. The summed E-state index contributed by atoms with van der Waals surface area (Å²) >= 11 is 5.00. The second-order valence-corrected chi connectivity index (χ2v) is 7.99. The largest absolute Gasteiger partial charge is 0.457 e. The molecule has 4 aromatic rings. The molecule has 0 unspecified atom stereocenters.